The second-order valence-corrected chi connectivity index (χ2v) is 6.06. The van der Waals surface area contributed by atoms with Crippen molar-refractivity contribution < 1.29 is 9.59 Å². The van der Waals surface area contributed by atoms with Gasteiger partial charge in [0.1, 0.15) is 11.2 Å². The Balaban J connectivity index is 0.00000191. The van der Waals surface area contributed by atoms with Gasteiger partial charge in [0.25, 0.3) is 0 Å². The van der Waals surface area contributed by atoms with Crippen molar-refractivity contribution in [3.63, 3.8) is 0 Å². The predicted octanol–water partition coefficient (Wildman–Crippen LogP) is 4.30. The topological polar surface area (TPSA) is 40.6 Å². The van der Waals surface area contributed by atoms with Crippen LogP contribution in [-0.2, 0) is 9.59 Å². The van der Waals surface area contributed by atoms with Gasteiger partial charge in [-0.05, 0) is 34.1 Å². The van der Waals surface area contributed by atoms with E-state index in [1.165, 1.54) is 4.90 Å². The minimum atomic E-state index is -1.07. The molecule has 1 heterocycles. The van der Waals surface area contributed by atoms with Gasteiger partial charge in [-0.1, -0.05) is 25.7 Å². The first-order valence-corrected chi connectivity index (χ1v) is 12.9. The van der Waals surface area contributed by atoms with Crippen molar-refractivity contribution in [2.75, 3.05) is 7.05 Å². The monoisotopic (exact) mass is 518 g/mol. The molecular weight excluding hydrogens is 494 g/mol. The maximum absolute atomic E-state index is 12.7. The quantitative estimate of drug-likeness (QED) is 0.318. The lowest BCUT2D eigenvalue weighted by Crippen LogP contribution is -2.63. The fraction of sp³-hybridized carbons (Fsp3) is 0.600. The number of carbonyl (C=O) groups excluding carboxylic acids is 2. The van der Waals surface area contributed by atoms with Crippen LogP contribution in [0.15, 0.2) is 24.6 Å². The van der Waals surface area contributed by atoms with Gasteiger partial charge in [0.2, 0.25) is 11.8 Å². The normalized spacial score (nSPS) is 18.4. The van der Waals surface area contributed by atoms with E-state index in [0.29, 0.717) is 5.82 Å². The standard InChI is InChI=1S/C15H24N2O2.I2/c1-9-10(2)15(6,7)17-11(3)16(8)12(18)14(4,5)13(17)19;1-2/h2-3,9H2,1,4-8H3;. The zero-order valence-electron chi connectivity index (χ0n) is 13.6. The third-order valence-corrected chi connectivity index (χ3v) is 4.07. The van der Waals surface area contributed by atoms with Crippen LogP contribution in [0.1, 0.15) is 41.0 Å². The van der Waals surface area contributed by atoms with Gasteiger partial charge in [0.05, 0.1) is 5.54 Å². The second kappa shape index (κ2) is 7.43. The summed E-state index contributed by atoms with van der Waals surface area (Å²) in [6.45, 7) is 17.1. The average Bonchev–Trinajstić information content (AvgIpc) is 2.44. The lowest BCUT2D eigenvalue weighted by atomic mass is 9.82. The van der Waals surface area contributed by atoms with Crippen molar-refractivity contribution in [2.24, 2.45) is 5.41 Å². The highest BCUT2D eigenvalue weighted by atomic mass is 128. The van der Waals surface area contributed by atoms with Gasteiger partial charge in [0.15, 0.2) is 0 Å². The van der Waals surface area contributed by atoms with Crippen LogP contribution in [0.4, 0.5) is 0 Å². The predicted molar refractivity (Wildman–Crippen MR) is 104 cm³/mol. The van der Waals surface area contributed by atoms with Gasteiger partial charge in [-0.2, -0.15) is 0 Å². The van der Waals surface area contributed by atoms with Crippen molar-refractivity contribution in [1.29, 1.82) is 0 Å². The third kappa shape index (κ3) is 3.62. The summed E-state index contributed by atoms with van der Waals surface area (Å²) >= 11 is 4.24. The van der Waals surface area contributed by atoms with Crippen LogP contribution in [0.3, 0.4) is 0 Å². The van der Waals surface area contributed by atoms with Crippen molar-refractivity contribution in [3.05, 3.63) is 24.6 Å². The van der Waals surface area contributed by atoms with Crippen LogP contribution in [0, 0.1) is 5.41 Å². The van der Waals surface area contributed by atoms with Gasteiger partial charge in [0, 0.05) is 44.3 Å². The molecule has 0 N–H and O–H groups in total. The Bertz CT molecular complexity index is 470. The lowest BCUT2D eigenvalue weighted by molar-refractivity contribution is -0.162. The van der Waals surface area contributed by atoms with Crippen LogP contribution in [0.5, 0.6) is 0 Å². The van der Waals surface area contributed by atoms with Crippen molar-refractivity contribution in [1.82, 2.24) is 9.80 Å². The van der Waals surface area contributed by atoms with Crippen LogP contribution >= 0.6 is 37.2 Å². The Labute approximate surface area is 151 Å². The molecule has 1 aliphatic rings. The number of nitrogens with zero attached hydrogens (tertiary/aromatic N) is 2. The first kappa shape index (κ1) is 20.9. The number of amides is 2. The summed E-state index contributed by atoms with van der Waals surface area (Å²) in [6, 6.07) is 0. The molecule has 2 amide bonds. The maximum atomic E-state index is 12.7. The zero-order chi connectivity index (χ0) is 17.2. The summed E-state index contributed by atoms with van der Waals surface area (Å²) in [5.74, 6) is -0.0363. The van der Waals surface area contributed by atoms with Gasteiger partial charge in [-0.15, -0.1) is 0 Å². The Morgan fingerprint density at radius 3 is 2.05 bits per heavy atom. The summed E-state index contributed by atoms with van der Waals surface area (Å²) in [7, 11) is 1.65. The highest BCUT2D eigenvalue weighted by molar-refractivity contribution is 15.0. The molecule has 0 aliphatic carbocycles. The smallest absolute Gasteiger partial charge is 0.243 e. The minimum Gasteiger partial charge on any atom is -0.301 e. The van der Waals surface area contributed by atoms with Gasteiger partial charge >= 0.3 is 0 Å². The Morgan fingerprint density at radius 2 is 1.67 bits per heavy atom. The van der Waals surface area contributed by atoms with Crippen molar-refractivity contribution in [3.8, 4) is 0 Å². The molecule has 0 atom stereocenters. The average molecular weight is 518 g/mol. The Hall–Kier alpha value is -0.120. The fourth-order valence-corrected chi connectivity index (χ4v) is 2.34. The summed E-state index contributed by atoms with van der Waals surface area (Å²) in [5, 5.41) is 0. The second-order valence-electron chi connectivity index (χ2n) is 6.06. The SMILES string of the molecule is C=C1N(C)C(=O)C(C)(C)C(=O)N1C(C)(C)C(=C)CC.II. The summed E-state index contributed by atoms with van der Waals surface area (Å²) in [5.41, 5.74) is -0.698. The number of hydrogen-bond donors (Lipinski definition) is 0. The van der Waals surface area contributed by atoms with Crippen LogP contribution < -0.4 is 0 Å². The van der Waals surface area contributed by atoms with Crippen LogP contribution in [0.25, 0.3) is 0 Å². The molecule has 0 aromatic heterocycles. The molecule has 0 radical (unpaired) electrons. The van der Waals surface area contributed by atoms with Crippen LogP contribution in [0.2, 0.25) is 0 Å². The highest BCUT2D eigenvalue weighted by Crippen LogP contribution is 2.38. The third-order valence-electron chi connectivity index (χ3n) is 4.07. The largest absolute Gasteiger partial charge is 0.301 e. The van der Waals surface area contributed by atoms with E-state index in [9.17, 15) is 9.59 Å². The number of rotatable bonds is 3. The molecule has 0 aromatic carbocycles. The summed E-state index contributed by atoms with van der Waals surface area (Å²) in [4.78, 5) is 27.9. The van der Waals surface area contributed by atoms with Gasteiger partial charge in [-0.3, -0.25) is 14.5 Å². The number of carbonyl (C=O) groups is 2. The molecule has 0 saturated carbocycles. The van der Waals surface area contributed by atoms with E-state index in [4.69, 9.17) is 0 Å². The summed E-state index contributed by atoms with van der Waals surface area (Å²) in [6.07, 6.45) is 0.766. The molecule has 120 valence electrons. The molecule has 1 saturated heterocycles. The van der Waals surface area contributed by atoms with E-state index in [1.807, 2.05) is 20.8 Å². The molecule has 0 spiro atoms. The van der Waals surface area contributed by atoms with Crippen LogP contribution in [-0.4, -0.2) is 34.2 Å². The molecule has 1 rings (SSSR count). The van der Waals surface area contributed by atoms with Gasteiger partial charge < -0.3 is 4.90 Å². The molecular formula is C15H24I2N2O2. The van der Waals surface area contributed by atoms with Crippen molar-refractivity contribution >= 4 is 49.0 Å². The van der Waals surface area contributed by atoms with E-state index >= 15 is 0 Å². The van der Waals surface area contributed by atoms with Crippen molar-refractivity contribution in [2.45, 2.75) is 46.6 Å². The molecule has 1 aliphatic heterocycles. The Morgan fingerprint density at radius 1 is 1.24 bits per heavy atom. The van der Waals surface area contributed by atoms with E-state index in [0.717, 1.165) is 12.0 Å². The first-order valence-electron chi connectivity index (χ1n) is 6.63. The number of hydrogen-bond acceptors (Lipinski definition) is 2. The van der Waals surface area contributed by atoms with E-state index < -0.39 is 11.0 Å². The Kier molecular flexibility index (Phi) is 7.39. The highest BCUT2D eigenvalue weighted by Gasteiger charge is 2.51. The molecule has 1 fully saturated rings. The maximum Gasteiger partial charge on any atom is 0.243 e. The molecule has 0 bridgehead atoms. The summed E-state index contributed by atoms with van der Waals surface area (Å²) < 4.78 is 0. The van der Waals surface area contributed by atoms with Gasteiger partial charge in [-0.25, -0.2) is 0 Å². The fourth-order valence-electron chi connectivity index (χ4n) is 2.34. The van der Waals surface area contributed by atoms with E-state index in [2.05, 4.69) is 50.4 Å². The minimum absolute atomic E-state index is 0.222. The molecule has 21 heavy (non-hydrogen) atoms. The molecule has 4 nitrogen and oxygen atoms in total. The molecule has 6 heteroatoms. The zero-order valence-corrected chi connectivity index (χ0v) is 17.9. The molecule has 0 unspecified atom stereocenters. The lowest BCUT2D eigenvalue weighted by Gasteiger charge is -2.50. The first-order chi connectivity index (χ1) is 9.49. The van der Waals surface area contributed by atoms with E-state index in [1.54, 1.807) is 25.8 Å². The van der Waals surface area contributed by atoms with E-state index in [-0.39, 0.29) is 11.8 Å². The number of halogens is 2. The molecule has 0 aromatic rings.